The summed E-state index contributed by atoms with van der Waals surface area (Å²) in [6.45, 7) is 3.75. The van der Waals surface area contributed by atoms with Gasteiger partial charge in [-0.2, -0.15) is 0 Å². The molecule has 5 rings (SSSR count). The van der Waals surface area contributed by atoms with Crippen LogP contribution in [0.2, 0.25) is 10.0 Å². The molecule has 2 aliphatic heterocycles. The van der Waals surface area contributed by atoms with Crippen molar-refractivity contribution < 1.29 is 14.7 Å². The maximum atomic E-state index is 13.2. The minimum atomic E-state index is -0.800. The molecule has 2 N–H and O–H groups in total. The van der Waals surface area contributed by atoms with E-state index in [1.807, 2.05) is 10.3 Å². The standard InChI is InChI=1S/C25H31Cl2N5O3S/c26-20-2-1-18(15-21(20)27)29-24(34)31-12-10-30(11-13-31)22(33)17-5-9-32(16-17)19-3-6-25(35,7-4-19)23-28-8-14-36-23/h1-2,8,14-15,17,19,35H,3-7,9-13,16H2,(H,29,34). The molecule has 0 bridgehead atoms. The molecule has 2 saturated heterocycles. The molecular weight excluding hydrogens is 521 g/mol. The molecule has 1 unspecified atom stereocenters. The van der Waals surface area contributed by atoms with Crippen molar-refractivity contribution in [3.05, 3.63) is 44.8 Å². The number of nitrogens with zero attached hydrogens (tertiary/aromatic N) is 4. The van der Waals surface area contributed by atoms with Gasteiger partial charge in [-0.05, 0) is 56.8 Å². The van der Waals surface area contributed by atoms with Crippen LogP contribution in [0.4, 0.5) is 10.5 Å². The lowest BCUT2D eigenvalue weighted by Crippen LogP contribution is -2.53. The van der Waals surface area contributed by atoms with E-state index in [0.29, 0.717) is 60.8 Å². The van der Waals surface area contributed by atoms with E-state index in [4.69, 9.17) is 23.2 Å². The highest BCUT2D eigenvalue weighted by Crippen LogP contribution is 2.40. The van der Waals surface area contributed by atoms with Gasteiger partial charge in [0.05, 0.1) is 16.0 Å². The largest absolute Gasteiger partial charge is 0.383 e. The van der Waals surface area contributed by atoms with Crippen molar-refractivity contribution in [2.24, 2.45) is 5.92 Å². The summed E-state index contributed by atoms with van der Waals surface area (Å²) in [5.41, 5.74) is -0.211. The molecule has 0 spiro atoms. The molecule has 3 aliphatic rings. The summed E-state index contributed by atoms with van der Waals surface area (Å²) in [5.74, 6) is 0.193. The Balaban J connectivity index is 1.07. The number of carbonyl (C=O) groups is 2. The zero-order chi connectivity index (χ0) is 25.3. The summed E-state index contributed by atoms with van der Waals surface area (Å²) in [7, 11) is 0. The van der Waals surface area contributed by atoms with Crippen LogP contribution in [-0.2, 0) is 10.4 Å². The van der Waals surface area contributed by atoms with Gasteiger partial charge in [0.25, 0.3) is 0 Å². The van der Waals surface area contributed by atoms with Gasteiger partial charge in [-0.15, -0.1) is 11.3 Å². The number of urea groups is 1. The number of thiazole rings is 1. The average Bonchev–Trinajstić information content (AvgIpc) is 3.60. The van der Waals surface area contributed by atoms with Crippen LogP contribution in [0.15, 0.2) is 29.8 Å². The third kappa shape index (κ3) is 5.50. The summed E-state index contributed by atoms with van der Waals surface area (Å²) in [6.07, 6.45) is 5.89. The molecule has 3 amide bonds. The molecule has 1 aromatic heterocycles. The van der Waals surface area contributed by atoms with Gasteiger partial charge < -0.3 is 20.2 Å². The van der Waals surface area contributed by atoms with E-state index in [0.717, 1.165) is 37.4 Å². The zero-order valence-corrected chi connectivity index (χ0v) is 22.4. The average molecular weight is 553 g/mol. The van der Waals surface area contributed by atoms with Crippen molar-refractivity contribution in [2.45, 2.75) is 43.7 Å². The Morgan fingerprint density at radius 1 is 1.03 bits per heavy atom. The van der Waals surface area contributed by atoms with Gasteiger partial charge in [-0.25, -0.2) is 9.78 Å². The molecule has 36 heavy (non-hydrogen) atoms. The zero-order valence-electron chi connectivity index (χ0n) is 20.0. The van der Waals surface area contributed by atoms with Gasteiger partial charge in [0.1, 0.15) is 10.6 Å². The van der Waals surface area contributed by atoms with Gasteiger partial charge in [0.15, 0.2) is 0 Å². The Labute approximate surface area is 225 Å². The van der Waals surface area contributed by atoms with Crippen LogP contribution in [0.1, 0.15) is 37.1 Å². The molecule has 1 saturated carbocycles. The van der Waals surface area contributed by atoms with Crippen molar-refractivity contribution in [1.29, 1.82) is 0 Å². The summed E-state index contributed by atoms with van der Waals surface area (Å²) in [5, 5.41) is 17.4. The van der Waals surface area contributed by atoms with Gasteiger partial charge in [-0.3, -0.25) is 9.69 Å². The number of anilines is 1. The van der Waals surface area contributed by atoms with Gasteiger partial charge in [-0.1, -0.05) is 23.2 Å². The number of nitrogens with one attached hydrogen (secondary N) is 1. The molecule has 0 radical (unpaired) electrons. The van der Waals surface area contributed by atoms with E-state index < -0.39 is 5.60 Å². The van der Waals surface area contributed by atoms with Crippen molar-refractivity contribution in [3.8, 4) is 0 Å². The topological polar surface area (TPSA) is 89.0 Å². The fourth-order valence-electron chi connectivity index (χ4n) is 5.60. The van der Waals surface area contributed by atoms with Crippen LogP contribution in [-0.4, -0.2) is 82.0 Å². The molecule has 3 heterocycles. The van der Waals surface area contributed by atoms with Gasteiger partial charge >= 0.3 is 6.03 Å². The van der Waals surface area contributed by atoms with Crippen molar-refractivity contribution >= 4 is 52.2 Å². The van der Waals surface area contributed by atoms with Crippen molar-refractivity contribution in [3.63, 3.8) is 0 Å². The molecule has 1 aliphatic carbocycles. The lowest BCUT2D eigenvalue weighted by molar-refractivity contribution is -0.136. The second kappa shape index (κ2) is 10.8. The highest BCUT2D eigenvalue weighted by Gasteiger charge is 2.41. The normalized spacial score (nSPS) is 27.3. The SMILES string of the molecule is O=C(Nc1ccc(Cl)c(Cl)c1)N1CCN(C(=O)C2CCN(C3CCC(O)(c4nccs4)CC3)C2)CC1. The molecule has 11 heteroatoms. The van der Waals surface area contributed by atoms with E-state index in [2.05, 4.69) is 15.2 Å². The van der Waals surface area contributed by atoms with E-state index in [1.54, 1.807) is 29.3 Å². The van der Waals surface area contributed by atoms with E-state index in [-0.39, 0.29) is 17.9 Å². The van der Waals surface area contributed by atoms with E-state index >= 15 is 0 Å². The third-order valence-electron chi connectivity index (χ3n) is 7.75. The van der Waals surface area contributed by atoms with Gasteiger partial charge in [0.2, 0.25) is 5.91 Å². The first-order valence-electron chi connectivity index (χ1n) is 12.5. The number of halogens is 2. The van der Waals surface area contributed by atoms with E-state index in [1.165, 1.54) is 11.3 Å². The molecule has 8 nitrogen and oxygen atoms in total. The highest BCUT2D eigenvalue weighted by molar-refractivity contribution is 7.09. The number of carbonyl (C=O) groups excluding carboxylic acids is 2. The lowest BCUT2D eigenvalue weighted by Gasteiger charge is -2.39. The Morgan fingerprint density at radius 3 is 2.42 bits per heavy atom. The van der Waals surface area contributed by atoms with Crippen LogP contribution in [0.25, 0.3) is 0 Å². The van der Waals surface area contributed by atoms with Crippen LogP contribution in [0.5, 0.6) is 0 Å². The summed E-state index contributed by atoms with van der Waals surface area (Å²) in [4.78, 5) is 36.3. The number of likely N-dealkylation sites (tertiary alicyclic amines) is 1. The minimum absolute atomic E-state index is 0.00126. The number of aromatic nitrogens is 1. The fraction of sp³-hybridized carbons (Fsp3) is 0.560. The lowest BCUT2D eigenvalue weighted by atomic mass is 9.82. The first kappa shape index (κ1) is 25.7. The van der Waals surface area contributed by atoms with Crippen LogP contribution >= 0.6 is 34.5 Å². The number of piperazine rings is 1. The summed E-state index contributed by atoms with van der Waals surface area (Å²) in [6, 6.07) is 5.19. The second-order valence-electron chi connectivity index (χ2n) is 9.95. The summed E-state index contributed by atoms with van der Waals surface area (Å²) < 4.78 is 0. The Morgan fingerprint density at radius 2 is 1.75 bits per heavy atom. The Bertz CT molecular complexity index is 1090. The minimum Gasteiger partial charge on any atom is -0.383 e. The Hall–Kier alpha value is -1.91. The van der Waals surface area contributed by atoms with Crippen LogP contribution in [0.3, 0.4) is 0 Å². The first-order chi connectivity index (χ1) is 17.3. The Kier molecular flexibility index (Phi) is 7.74. The molecule has 1 atom stereocenters. The number of hydrogen-bond acceptors (Lipinski definition) is 6. The number of hydrogen-bond donors (Lipinski definition) is 2. The number of amides is 3. The van der Waals surface area contributed by atoms with Crippen LogP contribution in [0, 0.1) is 5.92 Å². The smallest absolute Gasteiger partial charge is 0.321 e. The van der Waals surface area contributed by atoms with Gasteiger partial charge in [0, 0.05) is 56.0 Å². The number of aliphatic hydroxyl groups is 1. The van der Waals surface area contributed by atoms with E-state index in [9.17, 15) is 14.7 Å². The predicted octanol–water partition coefficient (Wildman–Crippen LogP) is 4.28. The third-order valence-corrected chi connectivity index (χ3v) is 9.45. The predicted molar refractivity (Wildman–Crippen MR) is 142 cm³/mol. The molecule has 3 fully saturated rings. The molecule has 2 aromatic rings. The molecule has 1 aromatic carbocycles. The van der Waals surface area contributed by atoms with Crippen LogP contribution < -0.4 is 5.32 Å². The van der Waals surface area contributed by atoms with Crippen molar-refractivity contribution in [2.75, 3.05) is 44.6 Å². The monoisotopic (exact) mass is 551 g/mol. The molecular formula is C25H31Cl2N5O3S. The van der Waals surface area contributed by atoms with Crippen molar-refractivity contribution in [1.82, 2.24) is 19.7 Å². The highest BCUT2D eigenvalue weighted by atomic mass is 35.5. The first-order valence-corrected chi connectivity index (χ1v) is 14.1. The number of benzene rings is 1. The quantitative estimate of drug-likeness (QED) is 0.592. The second-order valence-corrected chi connectivity index (χ2v) is 11.7. The maximum Gasteiger partial charge on any atom is 0.321 e. The number of rotatable bonds is 4. The fourth-order valence-corrected chi connectivity index (χ4v) is 6.69. The summed E-state index contributed by atoms with van der Waals surface area (Å²) >= 11 is 13.5. The maximum absolute atomic E-state index is 13.2. The molecule has 194 valence electrons.